The van der Waals surface area contributed by atoms with Gasteiger partial charge in [-0.05, 0) is 31.2 Å². The van der Waals surface area contributed by atoms with Crippen LogP contribution in [-0.2, 0) is 10.0 Å². The predicted molar refractivity (Wildman–Crippen MR) is 110 cm³/mol. The molecule has 1 aliphatic heterocycles. The SMILES string of the molecule is COc1ccc(S(=O)(=O)N2CCN(C(C)c3nc4nccnc4c(=O)[nH]3)CC2)cc1. The van der Waals surface area contributed by atoms with Crippen molar-refractivity contribution in [3.8, 4) is 5.75 Å². The van der Waals surface area contributed by atoms with Crippen LogP contribution in [0.5, 0.6) is 5.75 Å². The highest BCUT2D eigenvalue weighted by Gasteiger charge is 2.31. The Bertz CT molecular complexity index is 1200. The van der Waals surface area contributed by atoms with Crippen molar-refractivity contribution in [1.82, 2.24) is 29.1 Å². The van der Waals surface area contributed by atoms with Crippen molar-refractivity contribution in [2.75, 3.05) is 33.3 Å². The molecule has 0 amide bonds. The molecule has 1 aliphatic rings. The lowest BCUT2D eigenvalue weighted by atomic mass is 10.2. The van der Waals surface area contributed by atoms with Crippen LogP contribution in [0.2, 0.25) is 0 Å². The molecule has 3 heterocycles. The minimum Gasteiger partial charge on any atom is -0.497 e. The Kier molecular flexibility index (Phi) is 5.50. The van der Waals surface area contributed by atoms with Crippen LogP contribution in [0, 0.1) is 0 Å². The van der Waals surface area contributed by atoms with Crippen molar-refractivity contribution in [3.63, 3.8) is 0 Å². The third-order valence-corrected chi connectivity index (χ3v) is 7.19. The smallest absolute Gasteiger partial charge is 0.279 e. The van der Waals surface area contributed by atoms with Gasteiger partial charge in [0, 0.05) is 38.6 Å². The van der Waals surface area contributed by atoms with E-state index in [9.17, 15) is 13.2 Å². The van der Waals surface area contributed by atoms with Crippen LogP contribution < -0.4 is 10.3 Å². The normalized spacial score (nSPS) is 17.1. The van der Waals surface area contributed by atoms with E-state index in [-0.39, 0.29) is 22.0 Å². The molecule has 1 fully saturated rings. The van der Waals surface area contributed by atoms with E-state index in [0.29, 0.717) is 43.4 Å². The summed E-state index contributed by atoms with van der Waals surface area (Å²) in [5, 5.41) is 0. The first-order valence-corrected chi connectivity index (χ1v) is 10.9. The summed E-state index contributed by atoms with van der Waals surface area (Å²) in [5.41, 5.74) is 0.156. The molecule has 0 bridgehead atoms. The Morgan fingerprint density at radius 3 is 2.40 bits per heavy atom. The summed E-state index contributed by atoms with van der Waals surface area (Å²) in [7, 11) is -2.04. The zero-order chi connectivity index (χ0) is 21.3. The highest BCUT2D eigenvalue weighted by molar-refractivity contribution is 7.89. The van der Waals surface area contributed by atoms with Crippen LogP contribution in [0.3, 0.4) is 0 Å². The summed E-state index contributed by atoms with van der Waals surface area (Å²) >= 11 is 0. The Morgan fingerprint density at radius 1 is 1.07 bits per heavy atom. The zero-order valence-corrected chi connectivity index (χ0v) is 17.5. The van der Waals surface area contributed by atoms with Crippen molar-refractivity contribution in [1.29, 1.82) is 0 Å². The number of piperazine rings is 1. The molecule has 2 aromatic heterocycles. The first kappa shape index (κ1) is 20.4. The minimum absolute atomic E-state index is 0.198. The number of aromatic nitrogens is 4. The van der Waals surface area contributed by atoms with Gasteiger partial charge in [0.1, 0.15) is 11.6 Å². The van der Waals surface area contributed by atoms with Crippen LogP contribution in [-0.4, -0.2) is 70.8 Å². The molecule has 0 radical (unpaired) electrons. The molecule has 1 N–H and O–H groups in total. The highest BCUT2D eigenvalue weighted by atomic mass is 32.2. The van der Waals surface area contributed by atoms with Crippen molar-refractivity contribution >= 4 is 21.2 Å². The van der Waals surface area contributed by atoms with Gasteiger partial charge in [-0.15, -0.1) is 0 Å². The molecule has 1 atom stereocenters. The van der Waals surface area contributed by atoms with Gasteiger partial charge in [-0.1, -0.05) is 0 Å². The standard InChI is InChI=1S/C19H22N6O4S/c1-13(17-22-18-16(19(26)23-17)20-7-8-21-18)24-9-11-25(12-10-24)30(27,28)15-5-3-14(29-2)4-6-15/h3-8,13H,9-12H2,1-2H3,(H,21,22,23,26). The second-order valence-corrected chi connectivity index (χ2v) is 8.91. The van der Waals surface area contributed by atoms with E-state index in [2.05, 4.69) is 24.8 Å². The fourth-order valence-electron chi connectivity index (χ4n) is 3.49. The summed E-state index contributed by atoms with van der Waals surface area (Å²) < 4.78 is 32.4. The van der Waals surface area contributed by atoms with Gasteiger partial charge in [-0.25, -0.2) is 23.4 Å². The van der Waals surface area contributed by atoms with Crippen LogP contribution in [0.25, 0.3) is 11.2 Å². The third kappa shape index (κ3) is 3.78. The summed E-state index contributed by atoms with van der Waals surface area (Å²) in [4.78, 5) is 29.9. The summed E-state index contributed by atoms with van der Waals surface area (Å²) in [5.74, 6) is 1.09. The van der Waals surface area contributed by atoms with Crippen molar-refractivity contribution in [3.05, 3.63) is 52.8 Å². The lowest BCUT2D eigenvalue weighted by Crippen LogP contribution is -2.49. The third-order valence-electron chi connectivity index (χ3n) is 5.28. The van der Waals surface area contributed by atoms with Crippen LogP contribution in [0.4, 0.5) is 0 Å². The number of rotatable bonds is 5. The molecular weight excluding hydrogens is 408 g/mol. The van der Waals surface area contributed by atoms with Crippen molar-refractivity contribution in [2.45, 2.75) is 17.9 Å². The molecule has 158 valence electrons. The molecule has 10 nitrogen and oxygen atoms in total. The number of hydrogen-bond acceptors (Lipinski definition) is 8. The van der Waals surface area contributed by atoms with Crippen molar-refractivity contribution in [2.24, 2.45) is 0 Å². The summed E-state index contributed by atoms with van der Waals surface area (Å²) in [6.07, 6.45) is 2.94. The van der Waals surface area contributed by atoms with Gasteiger partial charge in [-0.3, -0.25) is 9.69 Å². The Hall–Kier alpha value is -2.89. The molecule has 30 heavy (non-hydrogen) atoms. The average molecular weight is 430 g/mol. The fourth-order valence-corrected chi connectivity index (χ4v) is 4.91. The number of nitrogens with one attached hydrogen (secondary N) is 1. The van der Waals surface area contributed by atoms with Gasteiger partial charge >= 0.3 is 0 Å². The largest absolute Gasteiger partial charge is 0.497 e. The molecule has 1 saturated heterocycles. The first-order chi connectivity index (χ1) is 14.4. The van der Waals surface area contributed by atoms with E-state index < -0.39 is 10.0 Å². The zero-order valence-electron chi connectivity index (χ0n) is 16.6. The fraction of sp³-hybridized carbons (Fsp3) is 0.368. The lowest BCUT2D eigenvalue weighted by molar-refractivity contribution is 0.141. The highest BCUT2D eigenvalue weighted by Crippen LogP contribution is 2.23. The lowest BCUT2D eigenvalue weighted by Gasteiger charge is -2.36. The second-order valence-electron chi connectivity index (χ2n) is 6.97. The number of hydrogen-bond donors (Lipinski definition) is 1. The van der Waals surface area contributed by atoms with E-state index in [0.717, 1.165) is 0 Å². The molecule has 0 aliphatic carbocycles. The van der Waals surface area contributed by atoms with Gasteiger partial charge in [0.05, 0.1) is 18.0 Å². The van der Waals surface area contributed by atoms with Gasteiger partial charge in [0.25, 0.3) is 5.56 Å². The molecule has 4 rings (SSSR count). The van der Waals surface area contributed by atoms with E-state index >= 15 is 0 Å². The minimum atomic E-state index is -3.58. The number of benzene rings is 1. The molecule has 11 heteroatoms. The Balaban J connectivity index is 1.48. The number of H-pyrrole nitrogens is 1. The number of methoxy groups -OCH3 is 1. The molecule has 1 unspecified atom stereocenters. The number of nitrogens with zero attached hydrogens (tertiary/aromatic N) is 5. The maximum absolute atomic E-state index is 12.9. The maximum atomic E-state index is 12.9. The maximum Gasteiger partial charge on any atom is 0.279 e. The van der Waals surface area contributed by atoms with Crippen LogP contribution >= 0.6 is 0 Å². The average Bonchev–Trinajstić information content (AvgIpc) is 2.78. The predicted octanol–water partition coefficient (Wildman–Crippen LogP) is 0.789. The summed E-state index contributed by atoms with van der Waals surface area (Å²) in [6, 6.07) is 6.17. The topological polar surface area (TPSA) is 121 Å². The van der Waals surface area contributed by atoms with Gasteiger partial charge in [-0.2, -0.15) is 4.31 Å². The quantitative estimate of drug-likeness (QED) is 0.631. The van der Waals surface area contributed by atoms with Crippen LogP contribution in [0.1, 0.15) is 18.8 Å². The van der Waals surface area contributed by atoms with Crippen LogP contribution in [0.15, 0.2) is 46.3 Å². The number of aromatic amines is 1. The first-order valence-electron chi connectivity index (χ1n) is 9.49. The van der Waals surface area contributed by atoms with E-state index in [4.69, 9.17) is 4.74 Å². The van der Waals surface area contributed by atoms with E-state index in [1.165, 1.54) is 23.8 Å². The van der Waals surface area contributed by atoms with Gasteiger partial charge in [0.2, 0.25) is 10.0 Å². The Labute approximate surface area is 173 Å². The second kappa shape index (κ2) is 8.09. The van der Waals surface area contributed by atoms with Crippen molar-refractivity contribution < 1.29 is 13.2 Å². The van der Waals surface area contributed by atoms with Gasteiger partial charge in [0.15, 0.2) is 11.2 Å². The summed E-state index contributed by atoms with van der Waals surface area (Å²) in [6.45, 7) is 3.64. The Morgan fingerprint density at radius 2 is 1.73 bits per heavy atom. The molecule has 0 spiro atoms. The number of sulfonamides is 1. The van der Waals surface area contributed by atoms with E-state index in [1.54, 1.807) is 24.3 Å². The number of fused-ring (bicyclic) bond motifs is 1. The van der Waals surface area contributed by atoms with Gasteiger partial charge < -0.3 is 9.72 Å². The monoisotopic (exact) mass is 430 g/mol. The molecule has 3 aromatic rings. The number of ether oxygens (including phenoxy) is 1. The molecular formula is C19H22N6O4S. The molecule has 0 saturated carbocycles. The molecule has 1 aromatic carbocycles. The van der Waals surface area contributed by atoms with E-state index in [1.807, 2.05) is 6.92 Å².